The van der Waals surface area contributed by atoms with Crippen molar-refractivity contribution in [2.24, 2.45) is 0 Å². The van der Waals surface area contributed by atoms with Gasteiger partial charge in [0.1, 0.15) is 6.07 Å². The minimum Gasteiger partial charge on any atom is -0.352 e. The molecule has 1 amide bonds. The van der Waals surface area contributed by atoms with Crippen LogP contribution in [-0.2, 0) is 4.79 Å². The number of rotatable bonds is 4. The number of fused-ring (bicyclic) bond motifs is 3. The summed E-state index contributed by atoms with van der Waals surface area (Å²) in [6, 6.07) is 12.4. The average Bonchev–Trinajstić information content (AvgIpc) is 3.32. The molecule has 1 aliphatic carbocycles. The number of nitrogens with zero attached hydrogens (tertiary/aromatic N) is 3. The molecule has 0 radical (unpaired) electrons. The largest absolute Gasteiger partial charge is 0.352 e. The van der Waals surface area contributed by atoms with Crippen molar-refractivity contribution < 1.29 is 4.79 Å². The SMILES string of the molecule is Cc1cc(SC(C)C(=O)NC2CC2)n2c(nc3ccccc32)c1C#N. The Morgan fingerprint density at radius 1 is 1.44 bits per heavy atom. The third-order valence-corrected chi connectivity index (χ3v) is 5.55. The Balaban J connectivity index is 1.82. The summed E-state index contributed by atoms with van der Waals surface area (Å²) >= 11 is 1.51. The number of aryl methyl sites for hydroxylation is 1. The number of nitriles is 1. The summed E-state index contributed by atoms with van der Waals surface area (Å²) in [7, 11) is 0. The molecule has 0 saturated heterocycles. The van der Waals surface area contributed by atoms with Gasteiger partial charge in [0.25, 0.3) is 0 Å². The van der Waals surface area contributed by atoms with Crippen molar-refractivity contribution in [3.63, 3.8) is 0 Å². The van der Waals surface area contributed by atoms with Crippen LogP contribution in [0.3, 0.4) is 0 Å². The lowest BCUT2D eigenvalue weighted by Gasteiger charge is -2.14. The summed E-state index contributed by atoms with van der Waals surface area (Å²) in [6.45, 7) is 3.83. The predicted octanol–water partition coefficient (Wildman–Crippen LogP) is 3.43. The van der Waals surface area contributed by atoms with E-state index in [9.17, 15) is 10.1 Å². The first-order valence-corrected chi connectivity index (χ1v) is 9.24. The fourth-order valence-corrected chi connectivity index (χ4v) is 3.99. The quantitative estimate of drug-likeness (QED) is 0.732. The van der Waals surface area contributed by atoms with Crippen LogP contribution in [-0.4, -0.2) is 26.6 Å². The zero-order chi connectivity index (χ0) is 17.6. The summed E-state index contributed by atoms with van der Waals surface area (Å²) in [5.41, 5.74) is 3.91. The van der Waals surface area contributed by atoms with Crippen molar-refractivity contribution in [3.05, 3.63) is 41.5 Å². The number of nitrogens with one attached hydrogen (secondary N) is 1. The maximum atomic E-state index is 12.3. The monoisotopic (exact) mass is 350 g/mol. The fraction of sp³-hybridized carbons (Fsp3) is 0.316. The van der Waals surface area contributed by atoms with E-state index in [4.69, 9.17) is 0 Å². The van der Waals surface area contributed by atoms with Gasteiger partial charge in [0, 0.05) is 6.04 Å². The zero-order valence-corrected chi connectivity index (χ0v) is 14.9. The number of benzene rings is 1. The maximum absolute atomic E-state index is 12.3. The van der Waals surface area contributed by atoms with E-state index in [1.165, 1.54) is 11.8 Å². The molecule has 1 fully saturated rings. The molecule has 6 heteroatoms. The van der Waals surface area contributed by atoms with Gasteiger partial charge in [-0.05, 0) is 50.5 Å². The summed E-state index contributed by atoms with van der Waals surface area (Å²) in [4.78, 5) is 17.0. The van der Waals surface area contributed by atoms with E-state index in [1.54, 1.807) is 0 Å². The van der Waals surface area contributed by atoms with E-state index in [-0.39, 0.29) is 11.2 Å². The number of amides is 1. The van der Waals surface area contributed by atoms with Crippen LogP contribution in [0.1, 0.15) is 30.9 Å². The van der Waals surface area contributed by atoms with E-state index in [1.807, 2.05) is 48.6 Å². The number of aromatic nitrogens is 2. The topological polar surface area (TPSA) is 70.2 Å². The number of carbonyl (C=O) groups excluding carboxylic acids is 1. The highest BCUT2D eigenvalue weighted by molar-refractivity contribution is 8.00. The Kier molecular flexibility index (Phi) is 3.89. The molecule has 2 aromatic heterocycles. The average molecular weight is 350 g/mol. The first-order chi connectivity index (χ1) is 12.1. The van der Waals surface area contributed by atoms with Crippen molar-refractivity contribution >= 4 is 34.3 Å². The van der Waals surface area contributed by atoms with Gasteiger partial charge >= 0.3 is 0 Å². The van der Waals surface area contributed by atoms with Crippen molar-refractivity contribution in [2.45, 2.75) is 43.0 Å². The number of para-hydroxylation sites is 2. The molecule has 5 nitrogen and oxygen atoms in total. The third kappa shape index (κ3) is 2.85. The van der Waals surface area contributed by atoms with E-state index in [2.05, 4.69) is 16.4 Å². The third-order valence-electron chi connectivity index (χ3n) is 4.44. The van der Waals surface area contributed by atoms with Gasteiger partial charge in [-0.1, -0.05) is 23.9 Å². The van der Waals surface area contributed by atoms with Crippen LogP contribution in [0.2, 0.25) is 0 Å². The Morgan fingerprint density at radius 2 is 2.20 bits per heavy atom. The Hall–Kier alpha value is -2.52. The van der Waals surface area contributed by atoms with Crippen LogP contribution < -0.4 is 5.32 Å². The van der Waals surface area contributed by atoms with Gasteiger partial charge in [-0.15, -0.1) is 0 Å². The van der Waals surface area contributed by atoms with Crippen LogP contribution in [0.5, 0.6) is 0 Å². The van der Waals surface area contributed by atoms with Crippen molar-refractivity contribution in [1.29, 1.82) is 5.26 Å². The second-order valence-corrected chi connectivity index (χ2v) is 7.82. The smallest absolute Gasteiger partial charge is 0.233 e. The molecule has 1 atom stereocenters. The highest BCUT2D eigenvalue weighted by Crippen LogP contribution is 2.32. The number of thioether (sulfide) groups is 1. The van der Waals surface area contributed by atoms with Gasteiger partial charge in [-0.2, -0.15) is 5.26 Å². The van der Waals surface area contributed by atoms with Crippen LogP contribution in [0.25, 0.3) is 16.7 Å². The van der Waals surface area contributed by atoms with E-state index >= 15 is 0 Å². The highest BCUT2D eigenvalue weighted by atomic mass is 32.2. The van der Waals surface area contributed by atoms with E-state index in [0.717, 1.165) is 34.5 Å². The molecular weight excluding hydrogens is 332 g/mol. The molecule has 0 bridgehead atoms. The Labute approximate surface area is 150 Å². The minimum atomic E-state index is -0.211. The molecule has 1 saturated carbocycles. The Bertz CT molecular complexity index is 1030. The normalized spacial score (nSPS) is 15.2. The summed E-state index contributed by atoms with van der Waals surface area (Å²) in [6.07, 6.45) is 2.16. The van der Waals surface area contributed by atoms with Crippen LogP contribution in [0.4, 0.5) is 0 Å². The second kappa shape index (κ2) is 6.08. The molecule has 126 valence electrons. The molecule has 1 N–H and O–H groups in total. The molecule has 0 spiro atoms. The van der Waals surface area contributed by atoms with Crippen LogP contribution in [0.15, 0.2) is 35.4 Å². The van der Waals surface area contributed by atoms with Crippen molar-refractivity contribution in [2.75, 3.05) is 0 Å². The lowest BCUT2D eigenvalue weighted by atomic mass is 10.2. The molecule has 1 unspecified atom stereocenters. The molecule has 3 aromatic rings. The maximum Gasteiger partial charge on any atom is 0.233 e. The van der Waals surface area contributed by atoms with Gasteiger partial charge < -0.3 is 5.32 Å². The molecule has 4 rings (SSSR count). The Morgan fingerprint density at radius 3 is 2.92 bits per heavy atom. The molecular formula is C19H18N4OS. The summed E-state index contributed by atoms with van der Waals surface area (Å²) in [5, 5.41) is 13.3. The van der Waals surface area contributed by atoms with E-state index in [0.29, 0.717) is 17.3 Å². The van der Waals surface area contributed by atoms with E-state index < -0.39 is 0 Å². The molecule has 1 aromatic carbocycles. The lowest BCUT2D eigenvalue weighted by Crippen LogP contribution is -2.32. The van der Waals surface area contributed by atoms with Gasteiger partial charge in [0.15, 0.2) is 5.65 Å². The van der Waals surface area contributed by atoms with Crippen molar-refractivity contribution in [1.82, 2.24) is 14.7 Å². The first kappa shape index (κ1) is 16.0. The zero-order valence-electron chi connectivity index (χ0n) is 14.1. The van der Waals surface area contributed by atoms with Gasteiger partial charge in [-0.25, -0.2) is 4.98 Å². The fourth-order valence-electron chi connectivity index (χ4n) is 2.92. The van der Waals surface area contributed by atoms with Crippen LogP contribution in [0, 0.1) is 18.3 Å². The molecule has 0 aliphatic heterocycles. The standard InChI is InChI=1S/C19H18N4OS/c1-11-9-17(25-12(2)19(24)21-13-7-8-13)23-16-6-4-3-5-15(16)22-18(23)14(11)10-20/h3-6,9,12-13H,7-8H2,1-2H3,(H,21,24). The number of carbonyl (C=O) groups is 1. The lowest BCUT2D eigenvalue weighted by molar-refractivity contribution is -0.120. The number of pyridine rings is 1. The summed E-state index contributed by atoms with van der Waals surface area (Å²) in [5.74, 6) is 0.0621. The molecule has 25 heavy (non-hydrogen) atoms. The van der Waals surface area contributed by atoms with Crippen LogP contribution >= 0.6 is 11.8 Å². The summed E-state index contributed by atoms with van der Waals surface area (Å²) < 4.78 is 1.99. The second-order valence-electron chi connectivity index (χ2n) is 6.45. The number of hydrogen-bond donors (Lipinski definition) is 1. The van der Waals surface area contributed by atoms with Gasteiger partial charge in [0.05, 0.1) is 26.9 Å². The first-order valence-electron chi connectivity index (χ1n) is 8.36. The predicted molar refractivity (Wildman–Crippen MR) is 98.6 cm³/mol. The van der Waals surface area contributed by atoms with Crippen molar-refractivity contribution in [3.8, 4) is 6.07 Å². The minimum absolute atomic E-state index is 0.0621. The highest BCUT2D eigenvalue weighted by Gasteiger charge is 2.27. The van der Waals surface area contributed by atoms with Gasteiger partial charge in [0.2, 0.25) is 5.91 Å². The number of hydrogen-bond acceptors (Lipinski definition) is 4. The molecule has 2 heterocycles. The molecule has 1 aliphatic rings. The number of imidazole rings is 1. The van der Waals surface area contributed by atoms with Gasteiger partial charge in [-0.3, -0.25) is 9.20 Å².